The summed E-state index contributed by atoms with van der Waals surface area (Å²) in [7, 11) is 0. The Kier molecular flexibility index (Phi) is 38.7. The minimum atomic E-state index is -1.64. The molecule has 14 aromatic carbocycles. The molecule has 1 aliphatic rings. The number of Topliss-reactive ketones (excluding diaryl/α,β-unsaturated/α-hetero) is 2. The molecule has 14 aromatic rings. The lowest BCUT2D eigenvalue weighted by Crippen LogP contribution is -2.17. The average molecular weight is 1760 g/mol. The average Bonchev–Trinajstić information content (AvgIpc) is 1.66. The summed E-state index contributed by atoms with van der Waals surface area (Å²) < 4.78 is 22.5. The van der Waals surface area contributed by atoms with Gasteiger partial charge in [0.15, 0.2) is 17.2 Å². The predicted molar refractivity (Wildman–Crippen MR) is 510 cm³/mol. The summed E-state index contributed by atoms with van der Waals surface area (Å²) in [6.07, 6.45) is 5.02. The highest BCUT2D eigenvalue weighted by atomic mass is 32.2. The van der Waals surface area contributed by atoms with Crippen molar-refractivity contribution in [3.8, 4) is 0 Å². The zero-order valence-electron chi connectivity index (χ0n) is 71.6. The second-order valence-corrected chi connectivity index (χ2v) is 29.8. The van der Waals surface area contributed by atoms with Gasteiger partial charge in [-0.05, 0) is 146 Å². The van der Waals surface area contributed by atoms with Gasteiger partial charge in [0, 0.05) is 62.4 Å². The molecule has 0 aromatic heterocycles. The Morgan fingerprint density at radius 1 is 0.377 bits per heavy atom. The molecule has 650 valence electrons. The largest absolute Gasteiger partial charge is 0.479 e. The third kappa shape index (κ3) is 30.8. The summed E-state index contributed by atoms with van der Waals surface area (Å²) in [5.74, 6) is -2.98. The summed E-state index contributed by atoms with van der Waals surface area (Å²) in [4.78, 5) is 111. The molecule has 0 heterocycles. The van der Waals surface area contributed by atoms with Gasteiger partial charge >= 0.3 is 29.8 Å². The van der Waals surface area contributed by atoms with Crippen LogP contribution in [0.4, 0.5) is 0 Å². The van der Waals surface area contributed by atoms with Crippen LogP contribution < -0.4 is 0 Å². The van der Waals surface area contributed by atoms with Gasteiger partial charge in [-0.3, -0.25) is 13.9 Å². The first kappa shape index (κ1) is 95.9. The van der Waals surface area contributed by atoms with Crippen LogP contribution in [-0.4, -0.2) is 86.7 Å². The fraction of sp³-hybridized carbons (Fsp3) is 0.0748. The van der Waals surface area contributed by atoms with Crippen LogP contribution in [0.5, 0.6) is 0 Å². The van der Waals surface area contributed by atoms with E-state index in [-0.39, 0.29) is 28.6 Å². The number of fused-ring (bicyclic) bond motifs is 2. The Morgan fingerprint density at radius 3 is 1.25 bits per heavy atom. The quantitative estimate of drug-likeness (QED) is 0.00978. The van der Waals surface area contributed by atoms with E-state index in [0.717, 1.165) is 61.4 Å². The lowest BCUT2D eigenvalue weighted by Gasteiger charge is -2.07. The van der Waals surface area contributed by atoms with Gasteiger partial charge in [0.2, 0.25) is 11.7 Å². The third-order valence-corrected chi connectivity index (χ3v) is 20.3. The molecular weight excluding hydrogens is 1670 g/mol. The van der Waals surface area contributed by atoms with E-state index in [1.165, 1.54) is 12.5 Å². The van der Waals surface area contributed by atoms with E-state index in [9.17, 15) is 37.8 Å². The zero-order chi connectivity index (χ0) is 91.9. The van der Waals surface area contributed by atoms with Crippen LogP contribution in [0, 0.1) is 0 Å². The molecule has 0 spiro atoms. The van der Waals surface area contributed by atoms with Crippen LogP contribution in [0.25, 0.3) is 10.8 Å². The number of carbonyl (C=O) groups is 7. The molecule has 0 aliphatic heterocycles. The van der Waals surface area contributed by atoms with Crippen LogP contribution >= 0.6 is 11.8 Å². The monoisotopic (exact) mass is 1760 g/mol. The summed E-state index contributed by atoms with van der Waals surface area (Å²) in [5.41, 5.74) is 11.0. The van der Waals surface area contributed by atoms with Crippen molar-refractivity contribution in [2.75, 3.05) is 6.61 Å². The number of oxime groups is 6. The van der Waals surface area contributed by atoms with Gasteiger partial charge in [0.1, 0.15) is 5.71 Å². The third-order valence-electron chi connectivity index (χ3n) is 18.3. The Bertz CT molecular complexity index is 6290. The maximum absolute atomic E-state index is 13.2. The van der Waals surface area contributed by atoms with Gasteiger partial charge in [-0.2, -0.15) is 0 Å². The molecule has 0 radical (unpaired) electrons. The van der Waals surface area contributed by atoms with Crippen LogP contribution in [0.15, 0.2) is 464 Å². The van der Waals surface area contributed by atoms with Crippen molar-refractivity contribution < 1.29 is 71.0 Å². The number of benzene rings is 14. The van der Waals surface area contributed by atoms with E-state index in [4.69, 9.17) is 28.4 Å². The van der Waals surface area contributed by atoms with Crippen LogP contribution in [0.3, 0.4) is 0 Å². The summed E-state index contributed by atoms with van der Waals surface area (Å²) in [6.45, 7) is 12.4. The molecule has 1 atom stereocenters. The molecule has 130 heavy (non-hydrogen) atoms. The van der Waals surface area contributed by atoms with Crippen LogP contribution in [0.1, 0.15) is 132 Å². The molecule has 1 unspecified atom stereocenters. The minimum Gasteiger partial charge on any atom is -0.479 e. The second-order valence-electron chi connectivity index (χ2n) is 27.6. The Hall–Kier alpha value is -16.4. The first-order valence-corrected chi connectivity index (χ1v) is 42.8. The number of ketones is 2. The predicted octanol–water partition coefficient (Wildman–Crippen LogP) is 22.9. The van der Waals surface area contributed by atoms with Gasteiger partial charge in [-0.1, -0.05) is 360 Å². The SMILES string of the molecule is C/C(=N\OS(=O)c1cccc2ccccc12)c1ccccc1.C=C(/C=C\C)C(=O)O/N=C(/C)OCC.CC(=O)/C(=N\OC(=O)c1ccccc1)c1ccccc1.O=C(O/N=C(/C(=O)c1ccc(Sc2ccccc2)cc1)c1ccccc1)c1ccccc1.O=C(O/N=C1\CCc2ccccc21)c1ccccc1.O=C(ON=C(c1ccccc1)c1ccccc1)c1ccccc1. The van der Waals surface area contributed by atoms with E-state index < -0.39 is 40.9 Å². The first-order chi connectivity index (χ1) is 63.4. The number of hydrogen-bond donors (Lipinski definition) is 0. The molecular formula is C107H90N6O15S2. The van der Waals surface area contributed by atoms with E-state index in [2.05, 4.69) is 48.4 Å². The van der Waals surface area contributed by atoms with E-state index in [0.29, 0.717) is 67.8 Å². The fourth-order valence-electron chi connectivity index (χ4n) is 11.9. The molecule has 0 amide bonds. The number of carbonyl (C=O) groups excluding carboxylic acids is 7. The second kappa shape index (κ2) is 52.4. The van der Waals surface area contributed by atoms with Gasteiger partial charge in [0.25, 0.3) is 11.1 Å². The van der Waals surface area contributed by atoms with E-state index >= 15 is 0 Å². The molecule has 0 fully saturated rings. The molecule has 23 heteroatoms. The van der Waals surface area contributed by atoms with Crippen molar-refractivity contribution in [3.05, 3.63) is 485 Å². The van der Waals surface area contributed by atoms with Crippen LogP contribution in [0.2, 0.25) is 0 Å². The number of rotatable bonds is 25. The van der Waals surface area contributed by atoms with Crippen molar-refractivity contribution in [2.45, 2.75) is 62.1 Å². The van der Waals surface area contributed by atoms with Gasteiger partial charge in [-0.25, -0.2) is 28.2 Å². The number of nitrogens with zero attached hydrogens (tertiary/aromatic N) is 6. The fourth-order valence-corrected chi connectivity index (χ4v) is 13.5. The van der Waals surface area contributed by atoms with Gasteiger partial charge < -0.3 is 28.9 Å². The van der Waals surface area contributed by atoms with Crippen molar-refractivity contribution >= 4 is 109 Å². The Morgan fingerprint density at radius 2 is 0.769 bits per heavy atom. The van der Waals surface area contributed by atoms with Gasteiger partial charge in [-0.15, -0.1) is 0 Å². The zero-order valence-corrected chi connectivity index (χ0v) is 73.3. The number of ether oxygens (including phenoxy) is 1. The Labute approximate surface area is 760 Å². The van der Waals surface area contributed by atoms with Crippen molar-refractivity contribution in [1.82, 2.24) is 0 Å². The Balaban J connectivity index is 0.000000165. The maximum Gasteiger partial charge on any atom is 0.365 e. The van der Waals surface area contributed by atoms with E-state index in [1.807, 2.05) is 226 Å². The highest BCUT2D eigenvalue weighted by molar-refractivity contribution is 7.99. The first-order valence-electron chi connectivity index (χ1n) is 40.9. The summed E-state index contributed by atoms with van der Waals surface area (Å²) in [5, 5.41) is 25.2. The smallest absolute Gasteiger partial charge is 0.365 e. The van der Waals surface area contributed by atoms with Gasteiger partial charge in [0.05, 0.1) is 50.8 Å². The molecule has 1 aliphatic carbocycles. The molecule has 0 saturated heterocycles. The molecule has 0 saturated carbocycles. The number of aryl methyl sites for hydroxylation is 1. The van der Waals surface area contributed by atoms with Crippen molar-refractivity contribution in [3.63, 3.8) is 0 Å². The van der Waals surface area contributed by atoms with Crippen molar-refractivity contribution in [1.29, 1.82) is 0 Å². The summed E-state index contributed by atoms with van der Waals surface area (Å²) in [6, 6.07) is 120. The summed E-state index contributed by atoms with van der Waals surface area (Å²) >= 11 is -0.0261. The molecule has 21 nitrogen and oxygen atoms in total. The topological polar surface area (TPSA) is 275 Å². The van der Waals surface area contributed by atoms with Crippen molar-refractivity contribution in [2.24, 2.45) is 30.9 Å². The number of allylic oxidation sites excluding steroid dienone is 1. The minimum absolute atomic E-state index is 0.0679. The van der Waals surface area contributed by atoms with E-state index in [1.54, 1.807) is 214 Å². The highest BCUT2D eigenvalue weighted by Gasteiger charge is 2.22. The lowest BCUT2D eigenvalue weighted by atomic mass is 10.0. The molecule has 0 N–H and O–H groups in total. The lowest BCUT2D eigenvalue weighted by molar-refractivity contribution is -0.138. The standard InChI is InChI=1S/C27H19NO3S.C20H15NO2.C18H15NO2S.C16H13NO3.C16H13NO2.C10H15NO3/c29-26(21-16-18-24(19-17-21)32-23-14-8-3-9-15-23)25(20-10-4-1-5-11-20)28-31-27(30)22-12-6-2-7-13-22;22-20(18-14-8-3-9-15-18)23-21-19(16-10-4-1-5-11-16)17-12-6-2-7-13-17;1-14(15-8-3-2-4-9-15)19-21-22(20)18-13-7-11-16-10-5-6-12-17(16)18;1-12(18)15(13-8-4-2-5-9-13)17-20-16(19)14-10-6-3-7-11-14;18-16(13-7-2-1-3-8-13)19-17-15-11-10-12-6-4-5-9-14(12)15;1-5-7-8(3)10(12)14-11-9(4)13-6-2/h1-19H;1-15H;2-13H,1H3;2-11H,1H3;1-9H,10-11H2;5,7H,3,6H2,1-2,4H3/b28-25+;;19-14+;2*17-15+;7-5-,11-9-. The van der Waals surface area contributed by atoms with Crippen LogP contribution in [-0.2, 0) is 60.3 Å². The maximum atomic E-state index is 13.2. The normalized spacial score (nSPS) is 11.8. The molecule has 0 bridgehead atoms. The molecule has 15 rings (SSSR count). The highest BCUT2D eigenvalue weighted by Crippen LogP contribution is 2.29. The number of hydrogen-bond acceptors (Lipinski definition) is 22.